The second kappa shape index (κ2) is 14.2. The van der Waals surface area contributed by atoms with Gasteiger partial charge in [-0.1, -0.05) is 0 Å². The van der Waals surface area contributed by atoms with Crippen molar-refractivity contribution in [3.8, 4) is 0 Å². The molecule has 0 unspecified atom stereocenters. The fraction of sp³-hybridized carbons (Fsp3) is 0.640. The second-order valence-corrected chi connectivity index (χ2v) is 10.5. The molecule has 0 spiro atoms. The molecule has 38 heavy (non-hydrogen) atoms. The minimum Gasteiger partial charge on any atom is -0.460 e. The van der Waals surface area contributed by atoms with E-state index in [1.807, 2.05) is 0 Å². The molecule has 0 aromatic heterocycles. The molecule has 0 atom stereocenters. The number of carbonyl (C=O) groups is 7. The summed E-state index contributed by atoms with van der Waals surface area (Å²) in [4.78, 5) is 86.6. The molecule has 0 radical (unpaired) electrons. The largest absolute Gasteiger partial charge is 0.460 e. The molecule has 2 N–H and O–H groups in total. The van der Waals surface area contributed by atoms with Crippen LogP contribution in [-0.4, -0.2) is 95.2 Å². The molecular formula is C25H38N4O9. The molecular weight excluding hydrogens is 500 g/mol. The lowest BCUT2D eigenvalue weighted by Crippen LogP contribution is -2.47. The van der Waals surface area contributed by atoms with Gasteiger partial charge in [-0.2, -0.15) is 0 Å². The summed E-state index contributed by atoms with van der Waals surface area (Å²) in [5.41, 5.74) is -1.34. The molecule has 0 fully saturated rings. The smallest absolute Gasteiger partial charge is 0.308 e. The number of esters is 2. The normalized spacial score (nSPS) is 13.3. The van der Waals surface area contributed by atoms with Crippen molar-refractivity contribution < 1.29 is 43.0 Å². The second-order valence-electron chi connectivity index (χ2n) is 10.5. The highest BCUT2D eigenvalue weighted by Gasteiger charge is 2.26. The quantitative estimate of drug-likeness (QED) is 0.239. The van der Waals surface area contributed by atoms with Crippen LogP contribution in [0.25, 0.3) is 0 Å². The third-order valence-corrected chi connectivity index (χ3v) is 4.61. The van der Waals surface area contributed by atoms with Gasteiger partial charge in [-0.05, 0) is 41.5 Å². The minimum atomic E-state index is -0.672. The average Bonchev–Trinajstić information content (AvgIpc) is 3.06. The van der Waals surface area contributed by atoms with E-state index in [-0.39, 0.29) is 38.9 Å². The molecule has 0 bridgehead atoms. The van der Waals surface area contributed by atoms with Crippen molar-refractivity contribution in [2.75, 3.05) is 32.7 Å². The van der Waals surface area contributed by atoms with Crippen LogP contribution in [-0.2, 0) is 43.0 Å². The van der Waals surface area contributed by atoms with Crippen molar-refractivity contribution in [3.05, 3.63) is 12.2 Å². The summed E-state index contributed by atoms with van der Waals surface area (Å²) in [7, 11) is 0. The van der Waals surface area contributed by atoms with Gasteiger partial charge in [0.25, 0.3) is 11.8 Å². The highest BCUT2D eigenvalue weighted by atomic mass is 16.6. The summed E-state index contributed by atoms with van der Waals surface area (Å²) in [5.74, 6) is -4.05. The third-order valence-electron chi connectivity index (χ3n) is 4.61. The molecule has 0 saturated carbocycles. The average molecular weight is 539 g/mol. The molecule has 0 aromatic rings. The molecule has 13 heteroatoms. The predicted molar refractivity (Wildman–Crippen MR) is 134 cm³/mol. The van der Waals surface area contributed by atoms with E-state index in [2.05, 4.69) is 10.6 Å². The molecule has 1 aliphatic heterocycles. The Morgan fingerprint density at radius 1 is 0.737 bits per heavy atom. The molecule has 0 aliphatic carbocycles. The van der Waals surface area contributed by atoms with Crippen LogP contribution in [0, 0.1) is 0 Å². The van der Waals surface area contributed by atoms with E-state index < -0.39 is 65.8 Å². The van der Waals surface area contributed by atoms with Crippen LogP contribution in [0.2, 0.25) is 0 Å². The van der Waals surface area contributed by atoms with Gasteiger partial charge in [-0.15, -0.1) is 0 Å². The lowest BCUT2D eigenvalue weighted by Gasteiger charge is -2.23. The number of ether oxygens (including phenoxy) is 2. The van der Waals surface area contributed by atoms with Crippen LogP contribution < -0.4 is 10.6 Å². The molecule has 13 nitrogen and oxygen atoms in total. The van der Waals surface area contributed by atoms with E-state index >= 15 is 0 Å². The Balaban J connectivity index is 2.68. The van der Waals surface area contributed by atoms with E-state index in [0.717, 1.165) is 22.0 Å². The number of nitrogens with zero attached hydrogens (tertiary/aromatic N) is 2. The molecule has 5 amide bonds. The Labute approximate surface area is 222 Å². The maximum atomic E-state index is 12.8. The highest BCUT2D eigenvalue weighted by Crippen LogP contribution is 2.09. The van der Waals surface area contributed by atoms with E-state index in [1.165, 1.54) is 0 Å². The zero-order valence-electron chi connectivity index (χ0n) is 22.9. The molecule has 0 aromatic carbocycles. The Bertz CT molecular complexity index is 895. The van der Waals surface area contributed by atoms with Gasteiger partial charge in [0.1, 0.15) is 24.3 Å². The number of rotatable bonds is 13. The van der Waals surface area contributed by atoms with Gasteiger partial charge in [0, 0.05) is 38.2 Å². The first-order valence-corrected chi connectivity index (χ1v) is 12.3. The van der Waals surface area contributed by atoms with Crippen molar-refractivity contribution >= 4 is 41.5 Å². The summed E-state index contributed by atoms with van der Waals surface area (Å²) in [6, 6.07) is 0. The van der Waals surface area contributed by atoms with Gasteiger partial charge in [0.15, 0.2) is 0 Å². The predicted octanol–water partition coefficient (Wildman–Crippen LogP) is -0.174. The third kappa shape index (κ3) is 13.5. The van der Waals surface area contributed by atoms with Crippen molar-refractivity contribution in [1.82, 2.24) is 20.4 Å². The van der Waals surface area contributed by atoms with Gasteiger partial charge in [0.2, 0.25) is 17.7 Å². The first-order valence-electron chi connectivity index (χ1n) is 12.3. The Kier molecular flexibility index (Phi) is 12.1. The van der Waals surface area contributed by atoms with Crippen LogP contribution in [0.15, 0.2) is 12.2 Å². The van der Waals surface area contributed by atoms with E-state index in [9.17, 15) is 33.6 Å². The monoisotopic (exact) mass is 538 g/mol. The zero-order chi connectivity index (χ0) is 29.1. The summed E-state index contributed by atoms with van der Waals surface area (Å²) in [5, 5.41) is 4.99. The Morgan fingerprint density at radius 3 is 1.50 bits per heavy atom. The summed E-state index contributed by atoms with van der Waals surface area (Å²) in [6.45, 7) is 8.96. The van der Waals surface area contributed by atoms with Gasteiger partial charge >= 0.3 is 11.9 Å². The van der Waals surface area contributed by atoms with Gasteiger partial charge in [-0.25, -0.2) is 0 Å². The topological polar surface area (TPSA) is 168 Å². The SMILES string of the molecule is CC(C)(C)OC(=O)CCNC(=O)CN(CC(=O)NCCC(=O)OC(C)(C)C)C(=O)CCN1C(=O)C=CC1=O. The van der Waals surface area contributed by atoms with Crippen molar-refractivity contribution in [3.63, 3.8) is 0 Å². The number of hydrogen-bond donors (Lipinski definition) is 2. The summed E-state index contributed by atoms with van der Waals surface area (Å²) >= 11 is 0. The van der Waals surface area contributed by atoms with Crippen LogP contribution in [0.4, 0.5) is 0 Å². The zero-order valence-corrected chi connectivity index (χ0v) is 22.9. The van der Waals surface area contributed by atoms with E-state index in [1.54, 1.807) is 41.5 Å². The highest BCUT2D eigenvalue weighted by molar-refractivity contribution is 6.13. The summed E-state index contributed by atoms with van der Waals surface area (Å²) in [6.07, 6.45) is 1.68. The van der Waals surface area contributed by atoms with Crippen LogP contribution >= 0.6 is 0 Å². The van der Waals surface area contributed by atoms with Gasteiger partial charge in [0.05, 0.1) is 12.8 Å². The fourth-order valence-corrected chi connectivity index (χ4v) is 3.10. The number of nitrogens with one attached hydrogen (secondary N) is 2. The van der Waals surface area contributed by atoms with Crippen LogP contribution in [0.1, 0.15) is 60.8 Å². The number of imide groups is 1. The van der Waals surface area contributed by atoms with Crippen molar-refractivity contribution in [2.24, 2.45) is 0 Å². The summed E-state index contributed by atoms with van der Waals surface area (Å²) < 4.78 is 10.3. The minimum absolute atomic E-state index is 0.0414. The lowest BCUT2D eigenvalue weighted by atomic mass is 10.2. The lowest BCUT2D eigenvalue weighted by molar-refractivity contribution is -0.155. The first-order chi connectivity index (χ1) is 17.5. The van der Waals surface area contributed by atoms with Gasteiger partial charge < -0.3 is 25.0 Å². The molecule has 1 aliphatic rings. The fourth-order valence-electron chi connectivity index (χ4n) is 3.10. The van der Waals surface area contributed by atoms with Crippen LogP contribution in [0.3, 0.4) is 0 Å². The standard InChI is InChI=1S/C25H38N4O9/c1-24(2,3)37-22(35)9-12-26-17(30)15-28(19(32)11-14-29-20(33)7-8-21(29)34)16-18(31)27-13-10-23(36)38-25(4,5)6/h7-8H,9-16H2,1-6H3,(H,26,30)(H,27,31). The van der Waals surface area contributed by atoms with Crippen molar-refractivity contribution in [1.29, 1.82) is 0 Å². The maximum Gasteiger partial charge on any atom is 0.308 e. The Morgan fingerprint density at radius 2 is 1.13 bits per heavy atom. The Hall–Kier alpha value is -3.77. The molecule has 1 heterocycles. The maximum absolute atomic E-state index is 12.8. The van der Waals surface area contributed by atoms with Crippen molar-refractivity contribution in [2.45, 2.75) is 72.0 Å². The molecule has 212 valence electrons. The number of carbonyl (C=O) groups excluding carboxylic acids is 7. The first kappa shape index (κ1) is 32.3. The van der Waals surface area contributed by atoms with E-state index in [0.29, 0.717) is 0 Å². The van der Waals surface area contributed by atoms with Gasteiger partial charge in [-0.3, -0.25) is 38.5 Å². The molecule has 0 saturated heterocycles. The molecule has 1 rings (SSSR count). The van der Waals surface area contributed by atoms with E-state index in [4.69, 9.17) is 9.47 Å². The number of hydrogen-bond acceptors (Lipinski definition) is 9. The van der Waals surface area contributed by atoms with Crippen LogP contribution in [0.5, 0.6) is 0 Å². The number of amides is 5.